The first kappa shape index (κ1) is 12.9. The molecule has 1 aromatic carbocycles. The van der Waals surface area contributed by atoms with Crippen LogP contribution in [0.25, 0.3) is 0 Å². The first-order chi connectivity index (χ1) is 8.63. The van der Waals surface area contributed by atoms with Gasteiger partial charge in [-0.15, -0.1) is 0 Å². The van der Waals surface area contributed by atoms with Gasteiger partial charge in [0.05, 0.1) is 6.07 Å². The number of hydrogen-bond acceptors (Lipinski definition) is 2. The Kier molecular flexibility index (Phi) is 3.87. The molecule has 0 amide bonds. The number of nitriles is 1. The van der Waals surface area contributed by atoms with Crippen LogP contribution in [0, 0.1) is 28.8 Å². The molecule has 96 valence electrons. The predicted octanol–water partition coefficient (Wildman–Crippen LogP) is 3.15. The Balaban J connectivity index is 2.32. The van der Waals surface area contributed by atoms with Crippen molar-refractivity contribution in [1.29, 1.82) is 5.26 Å². The molecule has 1 aliphatic rings. The molecule has 1 unspecified atom stereocenters. The Labute approximate surface area is 104 Å². The van der Waals surface area contributed by atoms with Crippen LogP contribution in [0.15, 0.2) is 12.1 Å². The summed E-state index contributed by atoms with van der Waals surface area (Å²) < 4.78 is 39.6. The van der Waals surface area contributed by atoms with Crippen molar-refractivity contribution in [3.05, 3.63) is 35.1 Å². The van der Waals surface area contributed by atoms with Crippen molar-refractivity contribution >= 4 is 0 Å². The summed E-state index contributed by atoms with van der Waals surface area (Å²) in [5, 5.41) is 9.14. The number of halogens is 3. The Bertz CT molecular complexity index is 476. The van der Waals surface area contributed by atoms with Gasteiger partial charge in [-0.3, -0.25) is 4.90 Å². The Hall–Kier alpha value is -1.54. The van der Waals surface area contributed by atoms with Crippen LogP contribution in [0.3, 0.4) is 0 Å². The summed E-state index contributed by atoms with van der Waals surface area (Å²) in [7, 11) is 0. The highest BCUT2D eigenvalue weighted by atomic mass is 19.2. The maximum absolute atomic E-state index is 13.6. The molecular weight excluding hydrogens is 241 g/mol. The van der Waals surface area contributed by atoms with Crippen LogP contribution in [-0.2, 0) is 0 Å². The molecule has 0 saturated carbocycles. The predicted molar refractivity (Wildman–Crippen MR) is 60.1 cm³/mol. The Morgan fingerprint density at radius 3 is 2.22 bits per heavy atom. The average Bonchev–Trinajstić information content (AvgIpc) is 2.38. The molecule has 0 aliphatic carbocycles. The molecule has 1 aliphatic heterocycles. The molecule has 2 rings (SSSR count). The lowest BCUT2D eigenvalue weighted by atomic mass is 10.0. The maximum atomic E-state index is 13.6. The van der Waals surface area contributed by atoms with Crippen molar-refractivity contribution in [3.63, 3.8) is 0 Å². The highest BCUT2D eigenvalue weighted by Crippen LogP contribution is 2.27. The normalized spacial score (nSPS) is 18.3. The number of piperidine rings is 1. The van der Waals surface area contributed by atoms with Gasteiger partial charge in [0.1, 0.15) is 11.9 Å². The van der Waals surface area contributed by atoms with E-state index in [4.69, 9.17) is 5.26 Å². The zero-order chi connectivity index (χ0) is 13.1. The van der Waals surface area contributed by atoms with Gasteiger partial charge in [-0.25, -0.2) is 13.2 Å². The van der Waals surface area contributed by atoms with Crippen molar-refractivity contribution in [3.8, 4) is 6.07 Å². The summed E-state index contributed by atoms with van der Waals surface area (Å²) in [5.41, 5.74) is -0.0849. The van der Waals surface area contributed by atoms with E-state index in [9.17, 15) is 13.2 Å². The SMILES string of the molecule is N#CC(c1cc(F)c(F)cc1F)N1CCCCC1. The largest absolute Gasteiger partial charge is 0.284 e. The van der Waals surface area contributed by atoms with Crippen molar-refractivity contribution in [1.82, 2.24) is 4.90 Å². The number of nitrogens with zero attached hydrogens (tertiary/aromatic N) is 2. The first-order valence-corrected chi connectivity index (χ1v) is 5.91. The molecule has 1 saturated heterocycles. The molecule has 1 heterocycles. The lowest BCUT2D eigenvalue weighted by Gasteiger charge is -2.30. The van der Waals surface area contributed by atoms with E-state index in [1.54, 1.807) is 4.90 Å². The zero-order valence-electron chi connectivity index (χ0n) is 9.80. The van der Waals surface area contributed by atoms with Gasteiger partial charge in [-0.1, -0.05) is 6.42 Å². The molecule has 0 N–H and O–H groups in total. The molecule has 0 aromatic heterocycles. The molecule has 0 radical (unpaired) electrons. The van der Waals surface area contributed by atoms with E-state index in [-0.39, 0.29) is 5.56 Å². The molecular formula is C13H13F3N2. The highest BCUT2D eigenvalue weighted by Gasteiger charge is 2.25. The van der Waals surface area contributed by atoms with Crippen LogP contribution in [-0.4, -0.2) is 18.0 Å². The summed E-state index contributed by atoms with van der Waals surface area (Å²) in [5.74, 6) is -3.22. The smallest absolute Gasteiger partial charge is 0.161 e. The van der Waals surface area contributed by atoms with Crippen LogP contribution in [0.1, 0.15) is 30.9 Å². The highest BCUT2D eigenvalue weighted by molar-refractivity contribution is 5.27. The third-order valence-corrected chi connectivity index (χ3v) is 3.21. The van der Waals surface area contributed by atoms with E-state index in [0.29, 0.717) is 19.2 Å². The van der Waals surface area contributed by atoms with Crippen LogP contribution in [0.2, 0.25) is 0 Å². The quantitative estimate of drug-likeness (QED) is 0.758. The van der Waals surface area contributed by atoms with Gasteiger partial charge in [0.2, 0.25) is 0 Å². The van der Waals surface area contributed by atoms with Gasteiger partial charge in [-0.05, 0) is 32.0 Å². The minimum Gasteiger partial charge on any atom is -0.284 e. The molecule has 18 heavy (non-hydrogen) atoms. The Morgan fingerprint density at radius 1 is 1.00 bits per heavy atom. The molecule has 5 heteroatoms. The van der Waals surface area contributed by atoms with Crippen molar-refractivity contribution in [2.75, 3.05) is 13.1 Å². The van der Waals surface area contributed by atoms with Crippen molar-refractivity contribution in [2.24, 2.45) is 0 Å². The first-order valence-electron chi connectivity index (χ1n) is 5.91. The summed E-state index contributed by atoms with van der Waals surface area (Å²) in [6.07, 6.45) is 2.95. The maximum Gasteiger partial charge on any atom is 0.161 e. The zero-order valence-corrected chi connectivity index (χ0v) is 9.80. The summed E-state index contributed by atoms with van der Waals surface area (Å²) >= 11 is 0. The van der Waals surface area contributed by atoms with Crippen LogP contribution >= 0.6 is 0 Å². The molecule has 1 fully saturated rings. The second-order valence-electron chi connectivity index (χ2n) is 4.42. The lowest BCUT2D eigenvalue weighted by Crippen LogP contribution is -2.33. The van der Waals surface area contributed by atoms with E-state index >= 15 is 0 Å². The fraction of sp³-hybridized carbons (Fsp3) is 0.462. The van der Waals surface area contributed by atoms with Crippen LogP contribution in [0.5, 0.6) is 0 Å². The molecule has 1 atom stereocenters. The summed E-state index contributed by atoms with van der Waals surface area (Å²) in [6.45, 7) is 1.35. The van der Waals surface area contributed by atoms with Gasteiger partial charge < -0.3 is 0 Å². The van der Waals surface area contributed by atoms with E-state index in [2.05, 4.69) is 0 Å². The minimum absolute atomic E-state index is 0.0849. The third-order valence-electron chi connectivity index (χ3n) is 3.21. The number of likely N-dealkylation sites (tertiary alicyclic amines) is 1. The van der Waals surface area contributed by atoms with Crippen LogP contribution in [0.4, 0.5) is 13.2 Å². The monoisotopic (exact) mass is 254 g/mol. The van der Waals surface area contributed by atoms with E-state index < -0.39 is 23.5 Å². The van der Waals surface area contributed by atoms with Gasteiger partial charge >= 0.3 is 0 Å². The standard InChI is InChI=1S/C13H13F3N2/c14-10-7-12(16)11(15)6-9(10)13(8-17)18-4-2-1-3-5-18/h6-7,13H,1-5H2. The van der Waals surface area contributed by atoms with E-state index in [1.165, 1.54) is 0 Å². The average molecular weight is 254 g/mol. The number of hydrogen-bond donors (Lipinski definition) is 0. The minimum atomic E-state index is -1.23. The summed E-state index contributed by atoms with van der Waals surface area (Å²) in [6, 6.07) is 2.41. The van der Waals surface area contributed by atoms with Gasteiger partial charge in [0.15, 0.2) is 11.6 Å². The molecule has 2 nitrogen and oxygen atoms in total. The van der Waals surface area contributed by atoms with Gasteiger partial charge in [0.25, 0.3) is 0 Å². The van der Waals surface area contributed by atoms with Crippen molar-refractivity contribution in [2.45, 2.75) is 25.3 Å². The van der Waals surface area contributed by atoms with Gasteiger partial charge in [0, 0.05) is 11.6 Å². The van der Waals surface area contributed by atoms with E-state index in [1.807, 2.05) is 6.07 Å². The number of benzene rings is 1. The van der Waals surface area contributed by atoms with Crippen LogP contribution < -0.4 is 0 Å². The third kappa shape index (κ3) is 2.49. The van der Waals surface area contributed by atoms with E-state index in [0.717, 1.165) is 25.3 Å². The van der Waals surface area contributed by atoms with Crippen molar-refractivity contribution < 1.29 is 13.2 Å². The summed E-state index contributed by atoms with van der Waals surface area (Å²) in [4.78, 5) is 1.80. The fourth-order valence-electron chi connectivity index (χ4n) is 2.27. The number of rotatable bonds is 2. The second-order valence-corrected chi connectivity index (χ2v) is 4.42. The second kappa shape index (κ2) is 5.40. The molecule has 0 bridgehead atoms. The fourth-order valence-corrected chi connectivity index (χ4v) is 2.27. The topological polar surface area (TPSA) is 27.0 Å². The lowest BCUT2D eigenvalue weighted by molar-refractivity contribution is 0.193. The van der Waals surface area contributed by atoms with Gasteiger partial charge in [-0.2, -0.15) is 5.26 Å². The Morgan fingerprint density at radius 2 is 1.61 bits per heavy atom. The molecule has 1 aromatic rings. The molecule has 0 spiro atoms.